The Morgan fingerprint density at radius 3 is 2.42 bits per heavy atom. The molecule has 0 saturated heterocycles. The lowest BCUT2D eigenvalue weighted by molar-refractivity contribution is -0.147. The molecule has 0 bridgehead atoms. The molecule has 126 valence electrons. The van der Waals surface area contributed by atoms with Crippen LogP contribution in [-0.2, 0) is 4.79 Å². The minimum Gasteiger partial charge on any atom is -0.494 e. The van der Waals surface area contributed by atoms with Gasteiger partial charge < -0.3 is 9.84 Å². The zero-order valence-electron chi connectivity index (χ0n) is 13.9. The average molecular weight is 327 g/mol. The topological polar surface area (TPSA) is 76.5 Å². The van der Waals surface area contributed by atoms with Gasteiger partial charge in [-0.2, -0.15) is 0 Å². The van der Waals surface area contributed by atoms with Gasteiger partial charge in [0, 0.05) is 23.5 Å². The van der Waals surface area contributed by atoms with Gasteiger partial charge in [0.2, 0.25) is 0 Å². The second-order valence-electron chi connectivity index (χ2n) is 6.24. The Labute approximate surface area is 141 Å². The zero-order chi connectivity index (χ0) is 17.6. The van der Waals surface area contributed by atoms with E-state index in [1.807, 2.05) is 0 Å². The van der Waals surface area contributed by atoms with Crippen molar-refractivity contribution in [3.8, 4) is 5.75 Å². The smallest absolute Gasteiger partial charge is 0.309 e. The quantitative estimate of drug-likeness (QED) is 0.592. The molecular weight excluding hydrogens is 306 g/mol. The van der Waals surface area contributed by atoms with Crippen LogP contribution in [0.25, 0.3) is 0 Å². The summed E-state index contributed by atoms with van der Waals surface area (Å²) in [6.45, 7) is 3.84. The predicted octanol–water partition coefficient (Wildman–Crippen LogP) is 3.58. The maximum Gasteiger partial charge on any atom is 0.309 e. The summed E-state index contributed by atoms with van der Waals surface area (Å²) in [5, 5.41) is 9.06. The van der Waals surface area contributed by atoms with Crippen LogP contribution in [0.5, 0.6) is 5.75 Å². The highest BCUT2D eigenvalue weighted by Crippen LogP contribution is 2.23. The van der Waals surface area contributed by atoms with E-state index in [2.05, 4.69) is 4.98 Å². The molecular formula is C19H21NO4. The number of carboxylic acid groups (broad SMARTS) is 1. The molecule has 24 heavy (non-hydrogen) atoms. The van der Waals surface area contributed by atoms with E-state index in [1.165, 1.54) is 6.20 Å². The Balaban J connectivity index is 1.87. The van der Waals surface area contributed by atoms with Gasteiger partial charge >= 0.3 is 5.97 Å². The normalized spacial score (nSPS) is 11.1. The molecule has 1 N–H and O–H groups in total. The number of aromatic nitrogens is 1. The molecule has 1 heterocycles. The van der Waals surface area contributed by atoms with E-state index in [9.17, 15) is 9.59 Å². The summed E-state index contributed by atoms with van der Waals surface area (Å²) in [7, 11) is 0. The molecule has 0 amide bonds. The Hall–Kier alpha value is -2.69. The van der Waals surface area contributed by atoms with Crippen molar-refractivity contribution in [2.75, 3.05) is 6.61 Å². The number of carbonyl (C=O) groups is 2. The van der Waals surface area contributed by atoms with Crippen LogP contribution < -0.4 is 4.74 Å². The van der Waals surface area contributed by atoms with Gasteiger partial charge in [-0.1, -0.05) is 0 Å². The second kappa shape index (κ2) is 7.73. The monoisotopic (exact) mass is 327 g/mol. The summed E-state index contributed by atoms with van der Waals surface area (Å²) >= 11 is 0. The highest BCUT2D eigenvalue weighted by atomic mass is 16.5. The number of nitrogens with zero attached hydrogens (tertiary/aromatic N) is 1. The molecule has 5 heteroatoms. The number of hydrogen-bond donors (Lipinski definition) is 1. The number of carbonyl (C=O) groups excluding carboxylic acids is 1. The fourth-order valence-electron chi connectivity index (χ4n) is 2.18. The Kier molecular flexibility index (Phi) is 5.68. The van der Waals surface area contributed by atoms with Crippen LogP contribution in [0.2, 0.25) is 0 Å². The van der Waals surface area contributed by atoms with Crippen LogP contribution >= 0.6 is 0 Å². The number of ether oxygens (including phenoxy) is 1. The minimum atomic E-state index is -0.805. The molecule has 0 radical (unpaired) electrons. The third-order valence-corrected chi connectivity index (χ3v) is 3.83. The third kappa shape index (κ3) is 4.65. The van der Waals surface area contributed by atoms with Gasteiger partial charge in [0.1, 0.15) is 5.75 Å². The van der Waals surface area contributed by atoms with E-state index < -0.39 is 11.4 Å². The highest BCUT2D eigenvalue weighted by molar-refractivity contribution is 6.08. The molecule has 0 saturated carbocycles. The molecule has 1 aromatic heterocycles. The third-order valence-electron chi connectivity index (χ3n) is 3.83. The summed E-state index contributed by atoms with van der Waals surface area (Å²) in [6.07, 6.45) is 4.35. The van der Waals surface area contributed by atoms with E-state index in [4.69, 9.17) is 9.84 Å². The van der Waals surface area contributed by atoms with E-state index in [-0.39, 0.29) is 5.78 Å². The second-order valence-corrected chi connectivity index (χ2v) is 6.24. The number of hydrogen-bond acceptors (Lipinski definition) is 4. The first-order chi connectivity index (χ1) is 11.4. The molecule has 2 aromatic rings. The molecule has 5 nitrogen and oxygen atoms in total. The van der Waals surface area contributed by atoms with Gasteiger partial charge in [-0.15, -0.1) is 0 Å². The van der Waals surface area contributed by atoms with Crippen LogP contribution in [0.4, 0.5) is 0 Å². The summed E-state index contributed by atoms with van der Waals surface area (Å²) in [5.41, 5.74) is 0.369. The fraction of sp³-hybridized carbons (Fsp3) is 0.316. The lowest BCUT2D eigenvalue weighted by atomic mass is 9.88. The van der Waals surface area contributed by atoms with Gasteiger partial charge in [-0.3, -0.25) is 14.6 Å². The van der Waals surface area contributed by atoms with Crippen molar-refractivity contribution in [3.63, 3.8) is 0 Å². The van der Waals surface area contributed by atoms with Crippen molar-refractivity contribution in [1.29, 1.82) is 0 Å². The summed E-state index contributed by atoms with van der Waals surface area (Å²) in [6, 6.07) is 10.4. The largest absolute Gasteiger partial charge is 0.494 e. The van der Waals surface area contributed by atoms with Gasteiger partial charge in [0.15, 0.2) is 5.78 Å². The number of aliphatic carboxylic acids is 1. The van der Waals surface area contributed by atoms with Crippen LogP contribution in [-0.4, -0.2) is 28.4 Å². The average Bonchev–Trinajstić information content (AvgIpc) is 2.59. The first kappa shape index (κ1) is 17.7. The van der Waals surface area contributed by atoms with Crippen LogP contribution in [0.1, 0.15) is 42.6 Å². The summed E-state index contributed by atoms with van der Waals surface area (Å²) in [4.78, 5) is 27.2. The summed E-state index contributed by atoms with van der Waals surface area (Å²) in [5.74, 6) is -0.232. The first-order valence-corrected chi connectivity index (χ1v) is 7.81. The van der Waals surface area contributed by atoms with Crippen molar-refractivity contribution < 1.29 is 19.4 Å². The molecule has 0 unspecified atom stereocenters. The van der Waals surface area contributed by atoms with Gasteiger partial charge in [-0.05, 0) is 63.1 Å². The summed E-state index contributed by atoms with van der Waals surface area (Å²) < 4.78 is 5.61. The number of carboxylic acids is 1. The van der Waals surface area contributed by atoms with Crippen molar-refractivity contribution in [2.45, 2.75) is 26.7 Å². The number of benzene rings is 1. The fourth-order valence-corrected chi connectivity index (χ4v) is 2.18. The molecule has 0 spiro atoms. The number of rotatable bonds is 8. The van der Waals surface area contributed by atoms with Gasteiger partial charge in [0.25, 0.3) is 0 Å². The maximum atomic E-state index is 12.3. The molecule has 0 aliphatic rings. The number of ketones is 1. The van der Waals surface area contributed by atoms with Gasteiger partial charge in [0.05, 0.1) is 12.0 Å². The predicted molar refractivity (Wildman–Crippen MR) is 90.3 cm³/mol. The molecule has 0 aliphatic carbocycles. The minimum absolute atomic E-state index is 0.0853. The Morgan fingerprint density at radius 1 is 1.12 bits per heavy atom. The van der Waals surface area contributed by atoms with E-state index in [1.54, 1.807) is 56.4 Å². The highest BCUT2D eigenvalue weighted by Gasteiger charge is 2.26. The molecule has 0 atom stereocenters. The Bertz CT molecular complexity index is 693. The molecule has 1 aromatic carbocycles. The van der Waals surface area contributed by atoms with Crippen molar-refractivity contribution in [1.82, 2.24) is 4.98 Å². The first-order valence-electron chi connectivity index (χ1n) is 7.81. The maximum absolute atomic E-state index is 12.3. The van der Waals surface area contributed by atoms with Gasteiger partial charge in [-0.25, -0.2) is 0 Å². The molecule has 0 fully saturated rings. The SMILES string of the molecule is CC(C)(CCCOc1ccc(C(=O)c2cccnc2)cc1)C(=O)O. The lowest BCUT2D eigenvalue weighted by Gasteiger charge is -2.18. The van der Waals surface area contributed by atoms with Crippen LogP contribution in [0.15, 0.2) is 48.8 Å². The van der Waals surface area contributed by atoms with Crippen molar-refractivity contribution in [2.24, 2.45) is 5.41 Å². The van der Waals surface area contributed by atoms with E-state index in [0.717, 1.165) is 0 Å². The van der Waals surface area contributed by atoms with E-state index >= 15 is 0 Å². The zero-order valence-corrected chi connectivity index (χ0v) is 13.9. The standard InChI is InChI=1S/C19H21NO4/c1-19(2,18(22)23)10-4-12-24-16-8-6-14(7-9-16)17(21)15-5-3-11-20-13-15/h3,5-9,11,13H,4,10,12H2,1-2H3,(H,22,23). The van der Waals surface area contributed by atoms with Crippen LogP contribution in [0, 0.1) is 5.41 Å². The van der Waals surface area contributed by atoms with E-state index in [0.29, 0.717) is 36.3 Å². The number of pyridine rings is 1. The molecule has 2 rings (SSSR count). The lowest BCUT2D eigenvalue weighted by Crippen LogP contribution is -2.24. The van der Waals surface area contributed by atoms with Crippen molar-refractivity contribution in [3.05, 3.63) is 59.9 Å². The van der Waals surface area contributed by atoms with Crippen LogP contribution in [0.3, 0.4) is 0 Å². The Morgan fingerprint density at radius 2 is 1.83 bits per heavy atom. The molecule has 0 aliphatic heterocycles. The van der Waals surface area contributed by atoms with Crippen molar-refractivity contribution >= 4 is 11.8 Å².